The number of aromatic nitrogens is 3. The lowest BCUT2D eigenvalue weighted by atomic mass is 10.1. The first-order chi connectivity index (χ1) is 13.6. The van der Waals surface area contributed by atoms with Gasteiger partial charge in [0.25, 0.3) is 0 Å². The fourth-order valence-corrected chi connectivity index (χ4v) is 3.42. The van der Waals surface area contributed by atoms with Gasteiger partial charge < -0.3 is 9.47 Å². The van der Waals surface area contributed by atoms with Crippen molar-refractivity contribution in [3.8, 4) is 11.4 Å². The predicted octanol–water partition coefficient (Wildman–Crippen LogP) is 4.12. The lowest BCUT2D eigenvalue weighted by Gasteiger charge is -2.12. The summed E-state index contributed by atoms with van der Waals surface area (Å²) in [6, 6.07) is 15.9. The molecule has 0 N–H and O–H groups in total. The van der Waals surface area contributed by atoms with E-state index < -0.39 is 0 Å². The van der Waals surface area contributed by atoms with E-state index in [4.69, 9.17) is 9.47 Å². The van der Waals surface area contributed by atoms with E-state index in [0.29, 0.717) is 17.6 Å². The number of hydrogen-bond donors (Lipinski definition) is 0. The summed E-state index contributed by atoms with van der Waals surface area (Å²) in [4.78, 5) is 11.7. The molecule has 6 nitrogen and oxygen atoms in total. The lowest BCUT2D eigenvalue weighted by Crippen LogP contribution is -2.09. The summed E-state index contributed by atoms with van der Waals surface area (Å²) in [6.45, 7) is 6.46. The molecule has 7 heteroatoms. The van der Waals surface area contributed by atoms with Crippen LogP contribution in [0.4, 0.5) is 0 Å². The molecule has 28 heavy (non-hydrogen) atoms. The second-order valence-electron chi connectivity index (χ2n) is 6.22. The molecule has 0 spiro atoms. The van der Waals surface area contributed by atoms with Crippen molar-refractivity contribution in [2.75, 3.05) is 12.4 Å². The molecule has 0 fully saturated rings. The number of carbonyl (C=O) groups excluding carboxylic acids is 1. The molecule has 0 aliphatic heterocycles. The van der Waals surface area contributed by atoms with Gasteiger partial charge in [0.15, 0.2) is 11.0 Å². The molecule has 1 heterocycles. The second-order valence-corrected chi connectivity index (χ2v) is 7.16. The second kappa shape index (κ2) is 9.41. The first-order valence-electron chi connectivity index (χ1n) is 9.06. The largest absolute Gasteiger partial charge is 0.485 e. The van der Waals surface area contributed by atoms with Crippen LogP contribution in [0.2, 0.25) is 0 Å². The minimum absolute atomic E-state index is 0.177. The number of thioether (sulfide) groups is 1. The van der Waals surface area contributed by atoms with E-state index in [1.807, 2.05) is 60.9 Å². The van der Waals surface area contributed by atoms with Crippen molar-refractivity contribution in [2.45, 2.75) is 32.5 Å². The number of carbonyl (C=O) groups is 1. The lowest BCUT2D eigenvalue weighted by molar-refractivity contribution is -0.139. The SMILES string of the molecule is CCOC(=O)CSc1nnc(COc2cc(C)ccc2C)n1-c1ccccc1. The first-order valence-corrected chi connectivity index (χ1v) is 10.0. The van der Waals surface area contributed by atoms with Gasteiger partial charge in [-0.05, 0) is 50.1 Å². The number of aryl methyl sites for hydroxylation is 2. The van der Waals surface area contributed by atoms with Crippen LogP contribution in [-0.2, 0) is 16.1 Å². The highest BCUT2D eigenvalue weighted by Gasteiger charge is 2.17. The normalized spacial score (nSPS) is 10.7. The van der Waals surface area contributed by atoms with Crippen LogP contribution >= 0.6 is 11.8 Å². The van der Waals surface area contributed by atoms with E-state index in [-0.39, 0.29) is 18.3 Å². The van der Waals surface area contributed by atoms with Gasteiger partial charge in [-0.1, -0.05) is 42.1 Å². The summed E-state index contributed by atoms with van der Waals surface area (Å²) in [5.41, 5.74) is 3.11. The minimum atomic E-state index is -0.275. The van der Waals surface area contributed by atoms with Gasteiger partial charge in [0.05, 0.1) is 12.4 Å². The standard InChI is InChI=1S/C21H23N3O3S/c1-4-26-20(25)14-28-21-23-22-19(24(21)17-8-6-5-7-9-17)13-27-18-12-15(2)10-11-16(18)3/h5-12H,4,13-14H2,1-3H3. The Hall–Kier alpha value is -2.80. The van der Waals surface area contributed by atoms with Crippen molar-refractivity contribution >= 4 is 17.7 Å². The quantitative estimate of drug-likeness (QED) is 0.421. The van der Waals surface area contributed by atoms with Gasteiger partial charge >= 0.3 is 5.97 Å². The monoisotopic (exact) mass is 397 g/mol. The fourth-order valence-electron chi connectivity index (χ4n) is 2.65. The van der Waals surface area contributed by atoms with Crippen LogP contribution in [0.15, 0.2) is 53.7 Å². The van der Waals surface area contributed by atoms with Crippen molar-refractivity contribution in [3.05, 3.63) is 65.5 Å². The van der Waals surface area contributed by atoms with Crippen LogP contribution in [0.5, 0.6) is 5.75 Å². The summed E-state index contributed by atoms with van der Waals surface area (Å²) < 4.78 is 12.9. The molecule has 0 bridgehead atoms. The third-order valence-electron chi connectivity index (χ3n) is 4.04. The Balaban J connectivity index is 1.84. The van der Waals surface area contributed by atoms with Crippen molar-refractivity contribution in [3.63, 3.8) is 0 Å². The summed E-state index contributed by atoms with van der Waals surface area (Å²) in [6.07, 6.45) is 0. The summed E-state index contributed by atoms with van der Waals surface area (Å²) in [7, 11) is 0. The van der Waals surface area contributed by atoms with Crippen LogP contribution in [0.3, 0.4) is 0 Å². The Labute approximate surface area is 168 Å². The fraction of sp³-hybridized carbons (Fsp3) is 0.286. The Morgan fingerprint density at radius 2 is 1.89 bits per heavy atom. The van der Waals surface area contributed by atoms with Gasteiger partial charge in [-0.3, -0.25) is 9.36 Å². The maximum absolute atomic E-state index is 11.7. The van der Waals surface area contributed by atoms with Gasteiger partial charge in [0, 0.05) is 5.69 Å². The topological polar surface area (TPSA) is 66.2 Å². The first kappa shape index (κ1) is 19.9. The number of benzene rings is 2. The van der Waals surface area contributed by atoms with E-state index in [1.54, 1.807) is 6.92 Å². The Kier molecular flexibility index (Phi) is 6.71. The van der Waals surface area contributed by atoms with E-state index in [2.05, 4.69) is 16.3 Å². The Morgan fingerprint density at radius 3 is 2.64 bits per heavy atom. The van der Waals surface area contributed by atoms with Gasteiger partial charge in [-0.25, -0.2) is 0 Å². The van der Waals surface area contributed by atoms with Crippen LogP contribution in [0, 0.1) is 13.8 Å². The van der Waals surface area contributed by atoms with Crippen molar-refractivity contribution in [1.29, 1.82) is 0 Å². The average molecular weight is 398 g/mol. The van der Waals surface area contributed by atoms with Gasteiger partial charge in [-0.15, -0.1) is 10.2 Å². The number of nitrogens with zero attached hydrogens (tertiary/aromatic N) is 3. The van der Waals surface area contributed by atoms with Crippen molar-refractivity contribution in [1.82, 2.24) is 14.8 Å². The van der Waals surface area contributed by atoms with Gasteiger partial charge in [0.1, 0.15) is 12.4 Å². The number of ether oxygens (including phenoxy) is 2. The molecule has 0 saturated carbocycles. The summed E-state index contributed by atoms with van der Waals surface area (Å²) in [5, 5.41) is 9.19. The molecule has 0 radical (unpaired) electrons. The molecule has 146 valence electrons. The third kappa shape index (κ3) is 4.92. The third-order valence-corrected chi connectivity index (χ3v) is 4.94. The van der Waals surface area contributed by atoms with Crippen LogP contribution < -0.4 is 4.74 Å². The molecule has 0 aliphatic carbocycles. The van der Waals surface area contributed by atoms with E-state index >= 15 is 0 Å². The molecular weight excluding hydrogens is 374 g/mol. The van der Waals surface area contributed by atoms with E-state index in [0.717, 1.165) is 22.6 Å². The maximum atomic E-state index is 11.7. The molecular formula is C21H23N3O3S. The Bertz CT molecular complexity index is 941. The maximum Gasteiger partial charge on any atom is 0.316 e. The van der Waals surface area contributed by atoms with Gasteiger partial charge in [0.2, 0.25) is 0 Å². The zero-order chi connectivity index (χ0) is 19.9. The van der Waals surface area contributed by atoms with Crippen LogP contribution in [0.25, 0.3) is 5.69 Å². The molecule has 0 atom stereocenters. The predicted molar refractivity (Wildman–Crippen MR) is 109 cm³/mol. The zero-order valence-corrected chi connectivity index (χ0v) is 17.0. The molecule has 3 aromatic rings. The van der Waals surface area contributed by atoms with E-state index in [9.17, 15) is 4.79 Å². The highest BCUT2D eigenvalue weighted by Crippen LogP contribution is 2.24. The highest BCUT2D eigenvalue weighted by atomic mass is 32.2. The summed E-state index contributed by atoms with van der Waals surface area (Å²) >= 11 is 1.30. The van der Waals surface area contributed by atoms with Crippen molar-refractivity contribution in [2.24, 2.45) is 0 Å². The molecule has 0 aliphatic rings. The Morgan fingerprint density at radius 1 is 1.11 bits per heavy atom. The average Bonchev–Trinajstić information content (AvgIpc) is 3.11. The number of esters is 1. The summed E-state index contributed by atoms with van der Waals surface area (Å²) in [5.74, 6) is 1.39. The van der Waals surface area contributed by atoms with Gasteiger partial charge in [-0.2, -0.15) is 0 Å². The molecule has 1 aromatic heterocycles. The highest BCUT2D eigenvalue weighted by molar-refractivity contribution is 7.99. The smallest absolute Gasteiger partial charge is 0.316 e. The molecule has 0 unspecified atom stereocenters. The number of hydrogen-bond acceptors (Lipinski definition) is 6. The molecule has 0 saturated heterocycles. The number of rotatable bonds is 8. The zero-order valence-electron chi connectivity index (χ0n) is 16.2. The van der Waals surface area contributed by atoms with Crippen molar-refractivity contribution < 1.29 is 14.3 Å². The molecule has 3 rings (SSSR count). The van der Waals surface area contributed by atoms with Crippen LogP contribution in [-0.4, -0.2) is 33.1 Å². The number of para-hydroxylation sites is 1. The molecule has 2 aromatic carbocycles. The van der Waals surface area contributed by atoms with Crippen LogP contribution in [0.1, 0.15) is 23.9 Å². The molecule has 0 amide bonds. The van der Waals surface area contributed by atoms with E-state index in [1.165, 1.54) is 11.8 Å². The minimum Gasteiger partial charge on any atom is -0.485 e.